The van der Waals surface area contributed by atoms with Crippen LogP contribution in [0.1, 0.15) is 37.5 Å². The summed E-state index contributed by atoms with van der Waals surface area (Å²) in [4.78, 5) is 27.8. The van der Waals surface area contributed by atoms with Gasteiger partial charge in [0.15, 0.2) is 0 Å². The van der Waals surface area contributed by atoms with Crippen LogP contribution < -0.4 is 9.62 Å². The van der Waals surface area contributed by atoms with E-state index in [-0.39, 0.29) is 18.4 Å². The standard InChI is InChI=1S/C25H33Cl2N3O4S/c1-16(2)13-28-25(32)19(5)29(14-20-9-10-21(26)12-22(20)27)24(31)15-30(35(6,33)34)23-11-17(3)7-8-18(23)4/h7-12,16,19H,13-15H2,1-6H3,(H,28,32). The smallest absolute Gasteiger partial charge is 0.244 e. The van der Waals surface area contributed by atoms with Crippen LogP contribution in [-0.2, 0) is 26.2 Å². The monoisotopic (exact) mass is 541 g/mol. The van der Waals surface area contributed by atoms with E-state index in [4.69, 9.17) is 23.2 Å². The van der Waals surface area contributed by atoms with Gasteiger partial charge in [-0.2, -0.15) is 0 Å². The molecule has 0 saturated heterocycles. The summed E-state index contributed by atoms with van der Waals surface area (Å²) in [5, 5.41) is 3.63. The van der Waals surface area contributed by atoms with Crippen LogP contribution in [0.5, 0.6) is 0 Å². The number of nitrogens with one attached hydrogen (secondary N) is 1. The molecular weight excluding hydrogens is 509 g/mol. The van der Waals surface area contributed by atoms with E-state index in [1.165, 1.54) is 4.90 Å². The topological polar surface area (TPSA) is 86.8 Å². The van der Waals surface area contributed by atoms with Crippen LogP contribution in [0.4, 0.5) is 5.69 Å². The maximum absolute atomic E-state index is 13.6. The van der Waals surface area contributed by atoms with Gasteiger partial charge in [0.25, 0.3) is 0 Å². The number of benzene rings is 2. The van der Waals surface area contributed by atoms with Crippen LogP contribution in [0.25, 0.3) is 0 Å². The Bertz CT molecular complexity index is 1190. The molecule has 0 aliphatic carbocycles. The Balaban J connectivity index is 2.45. The molecule has 0 aromatic heterocycles. The van der Waals surface area contributed by atoms with Crippen molar-refractivity contribution in [3.8, 4) is 0 Å². The first-order valence-corrected chi connectivity index (χ1v) is 13.9. The molecule has 0 bridgehead atoms. The van der Waals surface area contributed by atoms with Gasteiger partial charge in [-0.3, -0.25) is 13.9 Å². The maximum atomic E-state index is 13.6. The van der Waals surface area contributed by atoms with Crippen LogP contribution in [0, 0.1) is 19.8 Å². The molecule has 192 valence electrons. The molecule has 0 radical (unpaired) electrons. The van der Waals surface area contributed by atoms with Gasteiger partial charge in [-0.25, -0.2) is 8.42 Å². The molecule has 0 aliphatic rings. The van der Waals surface area contributed by atoms with Crippen molar-refractivity contribution in [2.24, 2.45) is 5.92 Å². The lowest BCUT2D eigenvalue weighted by Gasteiger charge is -2.32. The molecule has 7 nitrogen and oxygen atoms in total. The van der Waals surface area contributed by atoms with E-state index in [9.17, 15) is 18.0 Å². The summed E-state index contributed by atoms with van der Waals surface area (Å²) in [6.45, 7) is 9.17. The highest BCUT2D eigenvalue weighted by Gasteiger charge is 2.31. The molecule has 2 aromatic rings. The second-order valence-electron chi connectivity index (χ2n) is 9.13. The maximum Gasteiger partial charge on any atom is 0.244 e. The molecule has 10 heteroatoms. The van der Waals surface area contributed by atoms with Crippen molar-refractivity contribution in [3.05, 3.63) is 63.1 Å². The number of sulfonamides is 1. The van der Waals surface area contributed by atoms with Crippen molar-refractivity contribution in [3.63, 3.8) is 0 Å². The Kier molecular flexibility index (Phi) is 10.0. The molecule has 1 unspecified atom stereocenters. The summed E-state index contributed by atoms with van der Waals surface area (Å²) in [5.41, 5.74) is 2.58. The molecule has 2 aromatic carbocycles. The minimum atomic E-state index is -3.80. The van der Waals surface area contributed by atoms with Crippen molar-refractivity contribution < 1.29 is 18.0 Å². The quantitative estimate of drug-likeness (QED) is 0.477. The lowest BCUT2D eigenvalue weighted by atomic mass is 10.1. The van der Waals surface area contributed by atoms with Gasteiger partial charge in [-0.1, -0.05) is 55.2 Å². The van der Waals surface area contributed by atoms with Crippen molar-refractivity contribution >= 4 is 50.7 Å². The van der Waals surface area contributed by atoms with E-state index >= 15 is 0 Å². The highest BCUT2D eigenvalue weighted by molar-refractivity contribution is 7.92. The molecule has 2 rings (SSSR count). The van der Waals surface area contributed by atoms with Crippen molar-refractivity contribution in [1.82, 2.24) is 10.2 Å². The first-order valence-electron chi connectivity index (χ1n) is 11.3. The molecular formula is C25H33Cl2N3O4S. The minimum Gasteiger partial charge on any atom is -0.354 e. The number of rotatable bonds is 10. The molecule has 0 saturated carbocycles. The predicted molar refractivity (Wildman–Crippen MR) is 142 cm³/mol. The Hall–Kier alpha value is -2.29. The second-order valence-corrected chi connectivity index (χ2v) is 11.9. The summed E-state index contributed by atoms with van der Waals surface area (Å²) < 4.78 is 26.5. The Morgan fingerprint density at radius 2 is 1.69 bits per heavy atom. The van der Waals surface area contributed by atoms with Gasteiger partial charge in [-0.05, 0) is 61.6 Å². The lowest BCUT2D eigenvalue weighted by Crippen LogP contribution is -2.51. The molecule has 1 N–H and O–H groups in total. The van der Waals surface area contributed by atoms with Gasteiger partial charge in [0, 0.05) is 23.1 Å². The second kappa shape index (κ2) is 12.1. The third kappa shape index (κ3) is 8.12. The molecule has 35 heavy (non-hydrogen) atoms. The van der Waals surface area contributed by atoms with Crippen LogP contribution >= 0.6 is 23.2 Å². The van der Waals surface area contributed by atoms with E-state index in [1.54, 1.807) is 44.2 Å². The van der Waals surface area contributed by atoms with E-state index in [1.807, 2.05) is 26.8 Å². The molecule has 1 atom stereocenters. The average Bonchev–Trinajstić information content (AvgIpc) is 2.75. The van der Waals surface area contributed by atoms with Crippen LogP contribution in [0.15, 0.2) is 36.4 Å². The van der Waals surface area contributed by atoms with E-state index < -0.39 is 28.5 Å². The highest BCUT2D eigenvalue weighted by atomic mass is 35.5. The predicted octanol–water partition coefficient (Wildman–Crippen LogP) is 4.57. The first-order chi connectivity index (χ1) is 16.2. The van der Waals surface area contributed by atoms with Gasteiger partial charge in [-0.15, -0.1) is 0 Å². The summed E-state index contributed by atoms with van der Waals surface area (Å²) in [6, 6.07) is 9.42. The Morgan fingerprint density at radius 3 is 2.26 bits per heavy atom. The fourth-order valence-corrected chi connectivity index (χ4v) is 4.82. The minimum absolute atomic E-state index is 0.00943. The number of hydrogen-bond donors (Lipinski definition) is 1. The normalized spacial score (nSPS) is 12.4. The first kappa shape index (κ1) is 28.9. The highest BCUT2D eigenvalue weighted by Crippen LogP contribution is 2.26. The molecule has 0 heterocycles. The zero-order valence-electron chi connectivity index (χ0n) is 20.9. The van der Waals surface area contributed by atoms with Gasteiger partial charge in [0.2, 0.25) is 21.8 Å². The van der Waals surface area contributed by atoms with Crippen molar-refractivity contribution in [2.45, 2.75) is 47.2 Å². The lowest BCUT2D eigenvalue weighted by molar-refractivity contribution is -0.139. The van der Waals surface area contributed by atoms with Crippen LogP contribution in [0.2, 0.25) is 10.0 Å². The SMILES string of the molecule is Cc1ccc(C)c(N(CC(=O)N(Cc2ccc(Cl)cc2Cl)C(C)C(=O)NCC(C)C)S(C)(=O)=O)c1. The summed E-state index contributed by atoms with van der Waals surface area (Å²) in [7, 11) is -3.80. The zero-order chi connectivity index (χ0) is 26.5. The molecule has 2 amide bonds. The fourth-order valence-electron chi connectivity index (χ4n) is 3.45. The van der Waals surface area contributed by atoms with Crippen molar-refractivity contribution in [2.75, 3.05) is 23.7 Å². The van der Waals surface area contributed by atoms with Crippen molar-refractivity contribution in [1.29, 1.82) is 0 Å². The van der Waals surface area contributed by atoms with Gasteiger partial charge >= 0.3 is 0 Å². The molecule has 0 fully saturated rings. The summed E-state index contributed by atoms with van der Waals surface area (Å²) in [6.07, 6.45) is 1.06. The largest absolute Gasteiger partial charge is 0.354 e. The van der Waals surface area contributed by atoms with E-state index in [2.05, 4.69) is 5.32 Å². The number of halogens is 2. The zero-order valence-corrected chi connectivity index (χ0v) is 23.3. The number of amides is 2. The molecule has 0 spiro atoms. The summed E-state index contributed by atoms with van der Waals surface area (Å²) in [5.74, 6) is -0.643. The Labute approximate surface area is 218 Å². The third-order valence-corrected chi connectivity index (χ3v) is 7.23. The fraction of sp³-hybridized carbons (Fsp3) is 0.440. The Morgan fingerprint density at radius 1 is 1.03 bits per heavy atom. The molecule has 0 aliphatic heterocycles. The van der Waals surface area contributed by atoms with Crippen LogP contribution in [0.3, 0.4) is 0 Å². The number of nitrogens with zero attached hydrogens (tertiary/aromatic N) is 2. The number of aryl methyl sites for hydroxylation is 2. The number of anilines is 1. The number of hydrogen-bond acceptors (Lipinski definition) is 4. The van der Waals surface area contributed by atoms with E-state index in [0.29, 0.717) is 33.4 Å². The summed E-state index contributed by atoms with van der Waals surface area (Å²) >= 11 is 12.4. The van der Waals surface area contributed by atoms with Gasteiger partial charge in [0.05, 0.1) is 11.9 Å². The number of carbonyl (C=O) groups is 2. The van der Waals surface area contributed by atoms with Gasteiger partial charge in [0.1, 0.15) is 12.6 Å². The van der Waals surface area contributed by atoms with Gasteiger partial charge < -0.3 is 10.2 Å². The van der Waals surface area contributed by atoms with E-state index in [0.717, 1.165) is 16.1 Å². The van der Waals surface area contributed by atoms with Crippen LogP contribution in [-0.4, -0.2) is 50.5 Å². The number of carbonyl (C=O) groups excluding carboxylic acids is 2. The third-order valence-electron chi connectivity index (χ3n) is 5.52. The average molecular weight is 543 g/mol.